The zero-order valence-electron chi connectivity index (χ0n) is 21.2. The van der Waals surface area contributed by atoms with Gasteiger partial charge < -0.3 is 4.90 Å². The van der Waals surface area contributed by atoms with E-state index in [1.165, 1.54) is 11.8 Å². The van der Waals surface area contributed by atoms with E-state index in [1.54, 1.807) is 9.47 Å². The normalized spacial score (nSPS) is 22.2. The van der Waals surface area contributed by atoms with Gasteiger partial charge in [0.2, 0.25) is 0 Å². The summed E-state index contributed by atoms with van der Waals surface area (Å²) in [5.41, 5.74) is 1.34. The number of rotatable bonds is 7. The minimum absolute atomic E-state index is 0.0979. The minimum Gasteiger partial charge on any atom is -0.357 e. The number of thiocarbonyl (C=S) groups is 1. The number of amides is 1. The molecular formula is C26H36N4O2S2. The van der Waals surface area contributed by atoms with Crippen LogP contribution in [0.15, 0.2) is 9.70 Å². The smallest absolute Gasteiger partial charge is 0.270 e. The third-order valence-corrected chi connectivity index (χ3v) is 7.82. The highest BCUT2D eigenvalue weighted by atomic mass is 32.2. The van der Waals surface area contributed by atoms with Crippen molar-refractivity contribution in [3.63, 3.8) is 0 Å². The third kappa shape index (κ3) is 5.41. The Morgan fingerprint density at radius 3 is 2.44 bits per heavy atom. The Bertz CT molecular complexity index is 1090. The van der Waals surface area contributed by atoms with E-state index in [4.69, 9.17) is 12.2 Å². The molecule has 2 fully saturated rings. The molecule has 3 heterocycles. The van der Waals surface area contributed by atoms with Crippen LogP contribution >= 0.6 is 24.0 Å². The SMILES string of the molecule is CCCCn1c(N2CC(C)CC(C)C2)c(/C=C2/SC(=S)N(CC(C)C)C2=O)c(C)c(C#N)c1=O. The lowest BCUT2D eigenvalue weighted by Crippen LogP contribution is -2.43. The van der Waals surface area contributed by atoms with Gasteiger partial charge in [-0.15, -0.1) is 0 Å². The molecule has 0 N–H and O–H groups in total. The summed E-state index contributed by atoms with van der Waals surface area (Å²) in [6.45, 7) is 15.3. The monoisotopic (exact) mass is 500 g/mol. The highest BCUT2D eigenvalue weighted by Gasteiger charge is 2.34. The molecular weight excluding hydrogens is 464 g/mol. The summed E-state index contributed by atoms with van der Waals surface area (Å²) in [6, 6.07) is 2.14. The van der Waals surface area contributed by atoms with E-state index in [-0.39, 0.29) is 17.0 Å². The molecule has 2 saturated heterocycles. The maximum absolute atomic E-state index is 13.4. The topological polar surface area (TPSA) is 69.3 Å². The lowest BCUT2D eigenvalue weighted by atomic mass is 9.91. The molecule has 0 aromatic carbocycles. The average molecular weight is 501 g/mol. The number of thioether (sulfide) groups is 1. The van der Waals surface area contributed by atoms with Crippen molar-refractivity contribution in [1.29, 1.82) is 5.26 Å². The fourth-order valence-electron chi connectivity index (χ4n) is 5.00. The van der Waals surface area contributed by atoms with Gasteiger partial charge in [-0.1, -0.05) is 65.0 Å². The Hall–Kier alpha value is -2.11. The molecule has 2 aliphatic heterocycles. The molecule has 2 aliphatic rings. The number of carbonyl (C=O) groups excluding carboxylic acids is 1. The summed E-state index contributed by atoms with van der Waals surface area (Å²) in [6.07, 6.45) is 4.80. The van der Waals surface area contributed by atoms with Crippen molar-refractivity contribution in [1.82, 2.24) is 9.47 Å². The first kappa shape index (κ1) is 26.5. The van der Waals surface area contributed by atoms with Crippen molar-refractivity contribution >= 4 is 46.1 Å². The first-order valence-electron chi connectivity index (χ1n) is 12.3. The predicted octanol–water partition coefficient (Wildman–Crippen LogP) is 5.17. The van der Waals surface area contributed by atoms with Gasteiger partial charge >= 0.3 is 0 Å². The summed E-state index contributed by atoms with van der Waals surface area (Å²) in [7, 11) is 0. The van der Waals surface area contributed by atoms with Crippen LogP contribution in [0.25, 0.3) is 6.08 Å². The third-order valence-electron chi connectivity index (χ3n) is 6.45. The largest absolute Gasteiger partial charge is 0.357 e. The van der Waals surface area contributed by atoms with E-state index < -0.39 is 0 Å². The van der Waals surface area contributed by atoms with Gasteiger partial charge in [0.25, 0.3) is 11.5 Å². The molecule has 3 rings (SSSR count). The van der Waals surface area contributed by atoms with Gasteiger partial charge in [-0.25, -0.2) is 0 Å². The molecule has 2 unspecified atom stereocenters. The van der Waals surface area contributed by atoms with Crippen molar-refractivity contribution in [3.05, 3.63) is 31.9 Å². The Morgan fingerprint density at radius 2 is 1.88 bits per heavy atom. The number of nitriles is 1. The van der Waals surface area contributed by atoms with Crippen LogP contribution in [0.3, 0.4) is 0 Å². The van der Waals surface area contributed by atoms with Gasteiger partial charge in [-0.2, -0.15) is 5.26 Å². The van der Waals surface area contributed by atoms with Crippen LogP contribution in [0.2, 0.25) is 0 Å². The van der Waals surface area contributed by atoms with Gasteiger partial charge in [0.15, 0.2) is 0 Å². The number of nitrogens with zero attached hydrogens (tertiary/aromatic N) is 4. The van der Waals surface area contributed by atoms with Crippen molar-refractivity contribution in [2.45, 2.75) is 67.3 Å². The van der Waals surface area contributed by atoms with Gasteiger partial charge in [0.1, 0.15) is 21.8 Å². The van der Waals surface area contributed by atoms with Crippen LogP contribution in [0.1, 0.15) is 70.6 Å². The molecule has 8 heteroatoms. The van der Waals surface area contributed by atoms with E-state index in [0.717, 1.165) is 43.7 Å². The fourth-order valence-corrected chi connectivity index (χ4v) is 6.25. The number of carbonyl (C=O) groups is 1. The highest BCUT2D eigenvalue weighted by molar-refractivity contribution is 8.26. The van der Waals surface area contributed by atoms with Crippen molar-refractivity contribution in [2.24, 2.45) is 17.8 Å². The first-order valence-corrected chi connectivity index (χ1v) is 13.5. The average Bonchev–Trinajstić information content (AvgIpc) is 3.01. The molecule has 0 radical (unpaired) electrons. The molecule has 34 heavy (non-hydrogen) atoms. The van der Waals surface area contributed by atoms with E-state index >= 15 is 0 Å². The van der Waals surface area contributed by atoms with Crippen molar-refractivity contribution in [3.8, 4) is 6.07 Å². The van der Waals surface area contributed by atoms with E-state index in [0.29, 0.717) is 45.6 Å². The van der Waals surface area contributed by atoms with Gasteiger partial charge in [-0.3, -0.25) is 19.1 Å². The standard InChI is InChI=1S/C26H36N4O2S2/c1-7-8-9-29-23(28-14-17(4)10-18(5)15-28)20(19(6)21(12-27)24(29)31)11-22-25(32)30(13-16(2)3)26(33)34-22/h11,16-18H,7-10,13-15H2,1-6H3/b22-11+. The van der Waals surface area contributed by atoms with Crippen LogP contribution in [0, 0.1) is 36.0 Å². The number of anilines is 1. The van der Waals surface area contributed by atoms with E-state index in [9.17, 15) is 14.9 Å². The second-order valence-electron chi connectivity index (χ2n) is 10.2. The van der Waals surface area contributed by atoms with Crippen LogP contribution in [0.4, 0.5) is 5.82 Å². The van der Waals surface area contributed by atoms with Crippen LogP contribution < -0.4 is 10.5 Å². The van der Waals surface area contributed by atoms with E-state index in [1.807, 2.05) is 13.0 Å². The van der Waals surface area contributed by atoms with Crippen LogP contribution in [-0.2, 0) is 11.3 Å². The van der Waals surface area contributed by atoms with Crippen molar-refractivity contribution in [2.75, 3.05) is 24.5 Å². The van der Waals surface area contributed by atoms with Crippen molar-refractivity contribution < 1.29 is 4.79 Å². The van der Waals surface area contributed by atoms with Crippen LogP contribution in [-0.4, -0.2) is 39.3 Å². The second-order valence-corrected chi connectivity index (χ2v) is 11.9. The quantitative estimate of drug-likeness (QED) is 0.380. The molecule has 6 nitrogen and oxygen atoms in total. The summed E-state index contributed by atoms with van der Waals surface area (Å²) in [5.74, 6) is 2.02. The number of pyridine rings is 1. The molecule has 1 aromatic rings. The Kier molecular flexibility index (Phi) is 8.64. The first-order chi connectivity index (χ1) is 16.1. The summed E-state index contributed by atoms with van der Waals surface area (Å²) in [5, 5.41) is 9.86. The molecule has 1 aromatic heterocycles. The molecule has 2 atom stereocenters. The zero-order valence-corrected chi connectivity index (χ0v) is 22.8. The zero-order chi connectivity index (χ0) is 25.2. The maximum atomic E-state index is 13.4. The Balaban J connectivity index is 2.24. The lowest BCUT2D eigenvalue weighted by Gasteiger charge is -2.39. The number of hydrogen-bond acceptors (Lipinski definition) is 6. The van der Waals surface area contributed by atoms with Gasteiger partial charge in [0.05, 0.1) is 4.91 Å². The predicted molar refractivity (Wildman–Crippen MR) is 145 cm³/mol. The molecule has 0 spiro atoms. The molecule has 0 aliphatic carbocycles. The Morgan fingerprint density at radius 1 is 1.24 bits per heavy atom. The molecule has 0 saturated carbocycles. The summed E-state index contributed by atoms with van der Waals surface area (Å²) in [4.78, 5) is 31.2. The van der Waals surface area contributed by atoms with E-state index in [2.05, 4.69) is 45.6 Å². The maximum Gasteiger partial charge on any atom is 0.270 e. The fraction of sp³-hybridized carbons (Fsp3) is 0.615. The summed E-state index contributed by atoms with van der Waals surface area (Å²) < 4.78 is 2.34. The van der Waals surface area contributed by atoms with Gasteiger partial charge in [0, 0.05) is 31.7 Å². The highest BCUT2D eigenvalue weighted by Crippen LogP contribution is 2.37. The van der Waals surface area contributed by atoms with Crippen LogP contribution in [0.5, 0.6) is 0 Å². The lowest BCUT2D eigenvalue weighted by molar-refractivity contribution is -0.122. The molecule has 0 bridgehead atoms. The molecule has 184 valence electrons. The number of piperidine rings is 1. The number of hydrogen-bond donors (Lipinski definition) is 0. The molecule has 1 amide bonds. The van der Waals surface area contributed by atoms with Gasteiger partial charge in [-0.05, 0) is 49.2 Å². The minimum atomic E-state index is -0.237. The summed E-state index contributed by atoms with van der Waals surface area (Å²) >= 11 is 6.82. The second kappa shape index (κ2) is 11.1. The number of unbranched alkanes of at least 4 members (excludes halogenated alkanes) is 1. The number of aromatic nitrogens is 1. The Labute approximate surface area is 213 Å².